The van der Waals surface area contributed by atoms with Crippen LogP contribution in [0.2, 0.25) is 5.02 Å². The molecule has 0 saturated carbocycles. The van der Waals surface area contributed by atoms with Crippen LogP contribution < -0.4 is 0 Å². The SMILES string of the molecule is Oc1c(Cl)cc(-c2cccc3cc4ccccc4cc23)c(O)c1O. The minimum Gasteiger partial charge on any atom is -0.504 e. The van der Waals surface area contributed by atoms with E-state index in [2.05, 4.69) is 6.07 Å². The smallest absolute Gasteiger partial charge is 0.202 e. The molecule has 0 radical (unpaired) electrons. The molecule has 0 aliphatic heterocycles. The van der Waals surface area contributed by atoms with Gasteiger partial charge in [0.05, 0.1) is 5.02 Å². The van der Waals surface area contributed by atoms with Crippen LogP contribution in [0.1, 0.15) is 0 Å². The van der Waals surface area contributed by atoms with E-state index >= 15 is 0 Å². The zero-order valence-corrected chi connectivity index (χ0v) is 13.2. The van der Waals surface area contributed by atoms with Gasteiger partial charge in [0.15, 0.2) is 11.5 Å². The lowest BCUT2D eigenvalue weighted by atomic mass is 9.95. The van der Waals surface area contributed by atoms with Crippen LogP contribution in [0.25, 0.3) is 32.7 Å². The van der Waals surface area contributed by atoms with Crippen molar-refractivity contribution in [2.45, 2.75) is 0 Å². The van der Waals surface area contributed by atoms with Crippen molar-refractivity contribution in [3.05, 3.63) is 65.7 Å². The third kappa shape index (κ3) is 2.14. The van der Waals surface area contributed by atoms with Gasteiger partial charge in [0.2, 0.25) is 5.75 Å². The van der Waals surface area contributed by atoms with E-state index in [0.717, 1.165) is 27.1 Å². The molecule has 118 valence electrons. The van der Waals surface area contributed by atoms with Crippen LogP contribution in [0.5, 0.6) is 17.2 Å². The monoisotopic (exact) mass is 336 g/mol. The van der Waals surface area contributed by atoms with Crippen LogP contribution in [0.15, 0.2) is 60.7 Å². The zero-order chi connectivity index (χ0) is 16.8. The minimum absolute atomic E-state index is 0.0157. The molecule has 0 saturated heterocycles. The highest BCUT2D eigenvalue weighted by molar-refractivity contribution is 6.32. The summed E-state index contributed by atoms with van der Waals surface area (Å²) < 4.78 is 0. The van der Waals surface area contributed by atoms with Gasteiger partial charge in [-0.05, 0) is 45.3 Å². The average Bonchev–Trinajstić information content (AvgIpc) is 2.61. The quantitative estimate of drug-likeness (QED) is 0.321. The normalized spacial score (nSPS) is 11.2. The van der Waals surface area contributed by atoms with Crippen molar-refractivity contribution < 1.29 is 15.3 Å². The van der Waals surface area contributed by atoms with Crippen molar-refractivity contribution in [3.63, 3.8) is 0 Å². The van der Waals surface area contributed by atoms with Crippen LogP contribution >= 0.6 is 11.6 Å². The van der Waals surface area contributed by atoms with Gasteiger partial charge in [-0.1, -0.05) is 54.1 Å². The van der Waals surface area contributed by atoms with Gasteiger partial charge in [0.1, 0.15) is 0 Å². The first-order valence-corrected chi connectivity index (χ1v) is 7.79. The van der Waals surface area contributed by atoms with Gasteiger partial charge in [-0.2, -0.15) is 0 Å². The Bertz CT molecular complexity index is 1100. The molecule has 0 atom stereocenters. The Balaban J connectivity index is 2.09. The Hall–Kier alpha value is -2.91. The lowest BCUT2D eigenvalue weighted by Gasteiger charge is -2.13. The first-order valence-electron chi connectivity index (χ1n) is 7.41. The molecule has 0 unspecified atom stereocenters. The molecular weight excluding hydrogens is 324 g/mol. The first-order chi connectivity index (χ1) is 11.6. The third-order valence-electron chi connectivity index (χ3n) is 4.24. The average molecular weight is 337 g/mol. The summed E-state index contributed by atoms with van der Waals surface area (Å²) in [4.78, 5) is 0. The maximum atomic E-state index is 10.3. The Morgan fingerprint density at radius 1 is 0.583 bits per heavy atom. The summed E-state index contributed by atoms with van der Waals surface area (Å²) in [5, 5.41) is 33.9. The zero-order valence-electron chi connectivity index (χ0n) is 12.5. The minimum atomic E-state index is -0.615. The largest absolute Gasteiger partial charge is 0.504 e. The number of hydrogen-bond acceptors (Lipinski definition) is 3. The third-order valence-corrected chi connectivity index (χ3v) is 4.53. The molecule has 3 nitrogen and oxygen atoms in total. The van der Waals surface area contributed by atoms with Gasteiger partial charge in [0, 0.05) is 5.56 Å². The van der Waals surface area contributed by atoms with Crippen LogP contribution in [-0.4, -0.2) is 15.3 Å². The van der Waals surface area contributed by atoms with Gasteiger partial charge < -0.3 is 15.3 Å². The van der Waals surface area contributed by atoms with Gasteiger partial charge in [-0.15, -0.1) is 0 Å². The summed E-state index contributed by atoms with van der Waals surface area (Å²) >= 11 is 5.97. The van der Waals surface area contributed by atoms with Gasteiger partial charge in [-0.3, -0.25) is 0 Å². The molecule has 0 spiro atoms. The van der Waals surface area contributed by atoms with E-state index in [1.165, 1.54) is 6.07 Å². The summed E-state index contributed by atoms with van der Waals surface area (Å²) in [6.45, 7) is 0. The number of aromatic hydroxyl groups is 3. The van der Waals surface area contributed by atoms with Crippen molar-refractivity contribution in [1.29, 1.82) is 0 Å². The van der Waals surface area contributed by atoms with Crippen LogP contribution in [0.3, 0.4) is 0 Å². The molecule has 4 aromatic rings. The van der Waals surface area contributed by atoms with E-state index in [9.17, 15) is 15.3 Å². The second-order valence-corrected chi connectivity index (χ2v) is 6.09. The summed E-state index contributed by atoms with van der Waals surface area (Å²) in [7, 11) is 0. The van der Waals surface area contributed by atoms with E-state index in [4.69, 9.17) is 11.6 Å². The highest BCUT2D eigenvalue weighted by Gasteiger charge is 2.18. The topological polar surface area (TPSA) is 60.7 Å². The van der Waals surface area contributed by atoms with E-state index in [1.807, 2.05) is 48.5 Å². The Labute approximate surface area is 143 Å². The van der Waals surface area contributed by atoms with Gasteiger partial charge in [-0.25, -0.2) is 0 Å². The Morgan fingerprint density at radius 2 is 1.25 bits per heavy atom. The molecule has 24 heavy (non-hydrogen) atoms. The van der Waals surface area contributed by atoms with E-state index in [-0.39, 0.29) is 5.02 Å². The van der Waals surface area contributed by atoms with Gasteiger partial charge >= 0.3 is 0 Å². The summed E-state index contributed by atoms with van der Waals surface area (Å²) in [5.41, 5.74) is 1.10. The summed E-state index contributed by atoms with van der Waals surface area (Å²) in [6, 6.07) is 19.3. The highest BCUT2D eigenvalue weighted by Crippen LogP contribution is 2.48. The number of rotatable bonds is 1. The van der Waals surface area contributed by atoms with Crippen molar-refractivity contribution in [1.82, 2.24) is 0 Å². The summed E-state index contributed by atoms with van der Waals surface area (Å²) in [5.74, 6) is -1.53. The van der Waals surface area contributed by atoms with E-state index in [0.29, 0.717) is 5.56 Å². The molecule has 0 amide bonds. The fourth-order valence-corrected chi connectivity index (χ4v) is 3.22. The van der Waals surface area contributed by atoms with E-state index < -0.39 is 17.2 Å². The molecule has 0 aliphatic carbocycles. The fraction of sp³-hybridized carbons (Fsp3) is 0. The standard InChI is InChI=1S/C20H13ClO3/c21-17-10-16(18(22)20(24)19(17)23)14-7-3-6-13-8-11-4-1-2-5-12(11)9-15(13)14/h1-10,22-24H. The van der Waals surface area contributed by atoms with Crippen molar-refractivity contribution in [3.8, 4) is 28.4 Å². The lowest BCUT2D eigenvalue weighted by molar-refractivity contribution is 0.369. The number of hydrogen-bond donors (Lipinski definition) is 3. The molecule has 4 aromatic carbocycles. The molecule has 0 heterocycles. The number of halogens is 1. The van der Waals surface area contributed by atoms with Crippen LogP contribution in [0.4, 0.5) is 0 Å². The van der Waals surface area contributed by atoms with Crippen LogP contribution in [0, 0.1) is 0 Å². The molecule has 4 rings (SSSR count). The molecule has 3 N–H and O–H groups in total. The van der Waals surface area contributed by atoms with E-state index in [1.54, 1.807) is 0 Å². The maximum Gasteiger partial charge on any atom is 0.202 e. The molecule has 4 heteroatoms. The van der Waals surface area contributed by atoms with Gasteiger partial charge in [0.25, 0.3) is 0 Å². The fourth-order valence-electron chi connectivity index (χ4n) is 3.02. The number of phenols is 3. The van der Waals surface area contributed by atoms with Crippen molar-refractivity contribution in [2.24, 2.45) is 0 Å². The number of phenolic OH excluding ortho intramolecular Hbond substituents is 3. The number of fused-ring (bicyclic) bond motifs is 2. The second-order valence-electron chi connectivity index (χ2n) is 5.68. The molecular formula is C20H13ClO3. The Morgan fingerprint density at radius 3 is 2.00 bits per heavy atom. The lowest BCUT2D eigenvalue weighted by Crippen LogP contribution is -1.85. The molecule has 0 bridgehead atoms. The molecule has 0 fully saturated rings. The number of benzene rings is 4. The van der Waals surface area contributed by atoms with Crippen molar-refractivity contribution >= 4 is 33.1 Å². The molecule has 0 aliphatic rings. The predicted octanol–water partition coefficient (Wildman–Crippen LogP) is 5.43. The van der Waals surface area contributed by atoms with Crippen molar-refractivity contribution in [2.75, 3.05) is 0 Å². The highest BCUT2D eigenvalue weighted by atomic mass is 35.5. The first kappa shape index (κ1) is 14.7. The molecule has 0 aromatic heterocycles. The predicted molar refractivity (Wildman–Crippen MR) is 96.9 cm³/mol. The maximum absolute atomic E-state index is 10.3. The Kier molecular flexibility index (Phi) is 3.25. The summed E-state index contributed by atoms with van der Waals surface area (Å²) in [6.07, 6.45) is 0. The van der Waals surface area contributed by atoms with Crippen LogP contribution in [-0.2, 0) is 0 Å². The second kappa shape index (κ2) is 5.32.